The zero-order valence-corrected chi connectivity index (χ0v) is 20.8. The van der Waals surface area contributed by atoms with Crippen LogP contribution in [0.4, 0.5) is 4.79 Å². The first-order valence-electron chi connectivity index (χ1n) is 13.1. The molecule has 2 bridgehead atoms. The summed E-state index contributed by atoms with van der Waals surface area (Å²) < 4.78 is 5.81. The molecule has 6 nitrogen and oxygen atoms in total. The van der Waals surface area contributed by atoms with E-state index in [2.05, 4.69) is 46.6 Å². The van der Waals surface area contributed by atoms with Gasteiger partial charge in [-0.15, -0.1) is 0 Å². The molecule has 0 aromatic heterocycles. The van der Waals surface area contributed by atoms with Crippen molar-refractivity contribution in [2.45, 2.75) is 49.7 Å². The van der Waals surface area contributed by atoms with E-state index in [1.54, 1.807) is 0 Å². The minimum Gasteiger partial charge on any atom is -0.481 e. The lowest BCUT2D eigenvalue weighted by Crippen LogP contribution is -2.55. The van der Waals surface area contributed by atoms with E-state index in [1.165, 1.54) is 16.7 Å². The van der Waals surface area contributed by atoms with Gasteiger partial charge in [0.2, 0.25) is 0 Å². The topological polar surface area (TPSA) is 78.9 Å². The summed E-state index contributed by atoms with van der Waals surface area (Å²) in [6.07, 6.45) is 1.70. The fraction of sp³-hybridized carbons (Fsp3) is 0.355. The second-order valence-electron chi connectivity index (χ2n) is 10.9. The predicted octanol–water partition coefficient (Wildman–Crippen LogP) is 5.42. The average Bonchev–Trinajstić information content (AvgIpc) is 3.36. The first-order chi connectivity index (χ1) is 18.0. The smallest absolute Gasteiger partial charge is 0.407 e. The highest BCUT2D eigenvalue weighted by atomic mass is 16.5. The molecule has 1 saturated carbocycles. The maximum atomic E-state index is 13.1. The molecule has 1 amide bonds. The number of rotatable bonds is 7. The molecule has 3 unspecified atom stereocenters. The van der Waals surface area contributed by atoms with Crippen LogP contribution in [-0.4, -0.2) is 46.8 Å². The Balaban J connectivity index is 1.15. The molecule has 2 N–H and O–H groups in total. The summed E-state index contributed by atoms with van der Waals surface area (Å²) in [5.41, 5.74) is 5.12. The van der Waals surface area contributed by atoms with E-state index >= 15 is 0 Å². The Labute approximate surface area is 217 Å². The largest absolute Gasteiger partial charge is 0.481 e. The van der Waals surface area contributed by atoms with Crippen LogP contribution in [0.3, 0.4) is 0 Å². The van der Waals surface area contributed by atoms with Gasteiger partial charge in [0.1, 0.15) is 6.61 Å². The Kier molecular flexibility index (Phi) is 6.21. The van der Waals surface area contributed by atoms with Gasteiger partial charge in [0.25, 0.3) is 0 Å². The highest BCUT2D eigenvalue weighted by molar-refractivity contribution is 5.79. The molecule has 3 atom stereocenters. The van der Waals surface area contributed by atoms with Gasteiger partial charge in [-0.25, -0.2) is 4.79 Å². The minimum absolute atomic E-state index is 0.0301. The summed E-state index contributed by atoms with van der Waals surface area (Å²) in [4.78, 5) is 27.5. The van der Waals surface area contributed by atoms with Gasteiger partial charge in [0.05, 0.1) is 12.0 Å². The lowest BCUT2D eigenvalue weighted by atomic mass is 9.74. The van der Waals surface area contributed by atoms with Gasteiger partial charge in [-0.2, -0.15) is 0 Å². The van der Waals surface area contributed by atoms with Gasteiger partial charge < -0.3 is 15.2 Å². The Hall–Kier alpha value is -3.64. The summed E-state index contributed by atoms with van der Waals surface area (Å²) in [7, 11) is 0. The van der Waals surface area contributed by atoms with E-state index in [-0.39, 0.29) is 25.0 Å². The molecule has 37 heavy (non-hydrogen) atoms. The normalized spacial score (nSPS) is 24.3. The van der Waals surface area contributed by atoms with Gasteiger partial charge in [0.15, 0.2) is 0 Å². The third kappa shape index (κ3) is 4.74. The second kappa shape index (κ2) is 9.67. The number of nitrogens with zero attached hydrogens (tertiary/aromatic N) is 1. The van der Waals surface area contributed by atoms with E-state index in [4.69, 9.17) is 4.74 Å². The van der Waals surface area contributed by atoms with Crippen LogP contribution in [0.15, 0.2) is 78.9 Å². The number of nitrogens with one attached hydrogen (secondary N) is 1. The summed E-state index contributed by atoms with van der Waals surface area (Å²) in [6.45, 7) is 1.99. The van der Waals surface area contributed by atoms with Crippen LogP contribution in [0.2, 0.25) is 0 Å². The van der Waals surface area contributed by atoms with Gasteiger partial charge in [-0.1, -0.05) is 78.9 Å². The van der Waals surface area contributed by atoms with Crippen molar-refractivity contribution >= 4 is 12.1 Å². The number of fused-ring (bicyclic) bond motifs is 5. The first kappa shape index (κ1) is 23.7. The molecule has 1 saturated heterocycles. The summed E-state index contributed by atoms with van der Waals surface area (Å²) in [6, 6.07) is 27.1. The van der Waals surface area contributed by atoms with Crippen LogP contribution in [0.25, 0.3) is 11.1 Å². The number of carbonyl (C=O) groups excluding carboxylic acids is 1. The summed E-state index contributed by atoms with van der Waals surface area (Å²) in [5.74, 6) is -0.567. The van der Waals surface area contributed by atoms with Crippen LogP contribution in [0.5, 0.6) is 0 Å². The number of amides is 1. The van der Waals surface area contributed by atoms with E-state index in [0.717, 1.165) is 30.6 Å². The first-order valence-corrected chi connectivity index (χ1v) is 13.1. The number of carboxylic acids is 1. The molecule has 2 aliphatic carbocycles. The maximum absolute atomic E-state index is 13.1. The number of benzene rings is 3. The Morgan fingerprint density at radius 1 is 0.919 bits per heavy atom. The van der Waals surface area contributed by atoms with Crippen molar-refractivity contribution in [2.24, 2.45) is 5.92 Å². The van der Waals surface area contributed by atoms with Crippen molar-refractivity contribution in [1.29, 1.82) is 0 Å². The highest BCUT2D eigenvalue weighted by Gasteiger charge is 2.49. The van der Waals surface area contributed by atoms with Crippen molar-refractivity contribution in [3.63, 3.8) is 0 Å². The molecular formula is C31H32N2O4. The lowest BCUT2D eigenvalue weighted by Gasteiger charge is -2.40. The summed E-state index contributed by atoms with van der Waals surface area (Å²) >= 11 is 0. The number of ether oxygens (including phenoxy) is 1. The van der Waals surface area contributed by atoms with Crippen LogP contribution in [0.1, 0.15) is 48.3 Å². The van der Waals surface area contributed by atoms with Crippen molar-refractivity contribution in [2.75, 3.05) is 13.2 Å². The van der Waals surface area contributed by atoms with Gasteiger partial charge in [-0.3, -0.25) is 9.69 Å². The van der Waals surface area contributed by atoms with Gasteiger partial charge >= 0.3 is 12.1 Å². The van der Waals surface area contributed by atoms with Crippen molar-refractivity contribution in [3.8, 4) is 11.1 Å². The van der Waals surface area contributed by atoms with E-state index in [1.807, 2.05) is 42.5 Å². The molecule has 2 fully saturated rings. The molecular weight excluding hydrogens is 464 g/mol. The second-order valence-corrected chi connectivity index (χ2v) is 10.9. The molecule has 3 aromatic carbocycles. The molecule has 1 heterocycles. The molecule has 3 aliphatic rings. The van der Waals surface area contributed by atoms with Crippen molar-refractivity contribution < 1.29 is 19.4 Å². The zero-order valence-electron chi connectivity index (χ0n) is 20.8. The van der Waals surface area contributed by atoms with Gasteiger partial charge in [0, 0.05) is 25.0 Å². The lowest BCUT2D eigenvalue weighted by molar-refractivity contribution is -0.139. The maximum Gasteiger partial charge on any atom is 0.407 e. The number of hydrogen-bond acceptors (Lipinski definition) is 4. The number of carboxylic acid groups (broad SMARTS) is 1. The molecule has 190 valence electrons. The summed E-state index contributed by atoms with van der Waals surface area (Å²) in [5, 5.41) is 12.8. The SMILES string of the molecule is O=C(O)CC1(NC(=O)OCC2c3ccccc3-c3ccccc32)CC2CC(C1)N(Cc1ccccc1)C2. The van der Waals surface area contributed by atoms with Crippen molar-refractivity contribution in [3.05, 3.63) is 95.6 Å². The molecule has 0 spiro atoms. The number of alkyl carbamates (subject to hydrolysis) is 1. The third-order valence-electron chi connectivity index (χ3n) is 8.35. The Bertz CT molecular complexity index is 1260. The number of likely N-dealkylation sites (tertiary alicyclic amines) is 1. The Morgan fingerprint density at radius 3 is 2.24 bits per heavy atom. The van der Waals surface area contributed by atoms with Gasteiger partial charge in [-0.05, 0) is 53.0 Å². The number of hydrogen-bond donors (Lipinski definition) is 2. The number of aliphatic carboxylic acids is 1. The van der Waals surface area contributed by atoms with E-state index < -0.39 is 17.6 Å². The van der Waals surface area contributed by atoms with Crippen molar-refractivity contribution in [1.82, 2.24) is 10.2 Å². The zero-order chi connectivity index (χ0) is 25.4. The van der Waals surface area contributed by atoms with Crippen LogP contribution >= 0.6 is 0 Å². The highest BCUT2D eigenvalue weighted by Crippen LogP contribution is 2.45. The fourth-order valence-corrected chi connectivity index (χ4v) is 6.98. The number of carbonyl (C=O) groups is 2. The minimum atomic E-state index is -0.894. The average molecular weight is 497 g/mol. The molecule has 1 aliphatic heterocycles. The molecule has 6 heteroatoms. The van der Waals surface area contributed by atoms with E-state index in [0.29, 0.717) is 18.8 Å². The predicted molar refractivity (Wildman–Crippen MR) is 141 cm³/mol. The molecule has 3 aromatic rings. The monoisotopic (exact) mass is 496 g/mol. The van der Waals surface area contributed by atoms with Crippen LogP contribution < -0.4 is 5.32 Å². The van der Waals surface area contributed by atoms with Crippen LogP contribution in [-0.2, 0) is 16.1 Å². The molecule has 6 rings (SSSR count). The fourth-order valence-electron chi connectivity index (χ4n) is 6.98. The van der Waals surface area contributed by atoms with E-state index in [9.17, 15) is 14.7 Å². The third-order valence-corrected chi connectivity index (χ3v) is 8.35. The molecule has 0 radical (unpaired) electrons. The Morgan fingerprint density at radius 2 is 1.57 bits per heavy atom. The quantitative estimate of drug-likeness (QED) is 0.457. The van der Waals surface area contributed by atoms with Crippen LogP contribution in [0, 0.1) is 5.92 Å². The standard InChI is InChI=1S/C31H32N2O4/c34-29(35)17-31(15-22-14-23(16-31)33(19-22)18-21-8-2-1-3-9-21)32-30(36)37-20-28-26-12-6-4-10-24(26)25-11-5-7-13-27(25)28/h1-13,22-23,28H,14-20H2,(H,32,36)(H,34,35).